The van der Waals surface area contributed by atoms with E-state index in [1.165, 1.54) is 4.57 Å². The molecule has 2 amide bonds. The first-order valence-electron chi connectivity index (χ1n) is 5.90. The van der Waals surface area contributed by atoms with Crippen LogP contribution in [0.5, 0.6) is 0 Å². The van der Waals surface area contributed by atoms with E-state index < -0.39 is 17.6 Å². The molecule has 1 aromatic carbocycles. The number of fused-ring (bicyclic) bond motifs is 1. The second-order valence-electron chi connectivity index (χ2n) is 4.48. The third-order valence-corrected chi connectivity index (χ3v) is 3.33. The van der Waals surface area contributed by atoms with Crippen molar-refractivity contribution in [2.75, 3.05) is 5.84 Å². The molecular weight excluding hydrogens is 248 g/mol. The molecule has 1 aliphatic rings. The van der Waals surface area contributed by atoms with Crippen molar-refractivity contribution in [2.24, 2.45) is 0 Å². The summed E-state index contributed by atoms with van der Waals surface area (Å²) in [6, 6.07) is 6.27. The quantitative estimate of drug-likeness (QED) is 0.533. The van der Waals surface area contributed by atoms with Crippen LogP contribution in [0.2, 0.25) is 0 Å². The van der Waals surface area contributed by atoms with Crippen LogP contribution in [-0.2, 0) is 9.59 Å². The van der Waals surface area contributed by atoms with Crippen LogP contribution in [0.15, 0.2) is 29.1 Å². The first-order chi connectivity index (χ1) is 9.09. The third-order valence-electron chi connectivity index (χ3n) is 3.33. The fourth-order valence-corrected chi connectivity index (χ4v) is 2.42. The monoisotopic (exact) mass is 260 g/mol. The number of hydrogen-bond acceptors (Lipinski definition) is 4. The summed E-state index contributed by atoms with van der Waals surface area (Å²) >= 11 is 0. The topological polar surface area (TPSA) is 99.1 Å². The number of para-hydroxylation sites is 2. The number of nitrogens with zero attached hydrogens (tertiary/aromatic N) is 2. The van der Waals surface area contributed by atoms with Crippen molar-refractivity contribution in [2.45, 2.75) is 18.9 Å². The normalized spacial score (nSPS) is 19.7. The van der Waals surface area contributed by atoms with E-state index in [4.69, 9.17) is 5.84 Å². The number of carbonyl (C=O) groups is 2. The van der Waals surface area contributed by atoms with E-state index in [9.17, 15) is 14.4 Å². The highest BCUT2D eigenvalue weighted by Crippen LogP contribution is 2.22. The van der Waals surface area contributed by atoms with E-state index in [1.54, 1.807) is 24.3 Å². The van der Waals surface area contributed by atoms with Crippen LogP contribution in [-0.4, -0.2) is 21.1 Å². The fourth-order valence-electron chi connectivity index (χ4n) is 2.42. The summed E-state index contributed by atoms with van der Waals surface area (Å²) in [6.45, 7) is 0. The van der Waals surface area contributed by atoms with Crippen LogP contribution in [0.4, 0.5) is 0 Å². The highest BCUT2D eigenvalue weighted by Gasteiger charge is 2.31. The summed E-state index contributed by atoms with van der Waals surface area (Å²) in [5.41, 5.74) is 0.678. The van der Waals surface area contributed by atoms with Gasteiger partial charge in [-0.15, -0.1) is 0 Å². The van der Waals surface area contributed by atoms with Gasteiger partial charge in [-0.3, -0.25) is 19.5 Å². The van der Waals surface area contributed by atoms with Gasteiger partial charge in [0.25, 0.3) is 0 Å². The van der Waals surface area contributed by atoms with Crippen molar-refractivity contribution >= 4 is 22.8 Å². The summed E-state index contributed by atoms with van der Waals surface area (Å²) in [6.07, 6.45) is 0.519. The van der Waals surface area contributed by atoms with Crippen LogP contribution in [0.3, 0.4) is 0 Å². The van der Waals surface area contributed by atoms with E-state index in [1.807, 2.05) is 0 Å². The Balaban J connectivity index is 2.20. The molecule has 0 spiro atoms. The zero-order valence-electron chi connectivity index (χ0n) is 10.00. The van der Waals surface area contributed by atoms with Gasteiger partial charge in [0, 0.05) is 6.42 Å². The van der Waals surface area contributed by atoms with Gasteiger partial charge in [0.15, 0.2) is 0 Å². The van der Waals surface area contributed by atoms with E-state index >= 15 is 0 Å². The van der Waals surface area contributed by atoms with Crippen LogP contribution < -0.4 is 16.8 Å². The number of imide groups is 1. The van der Waals surface area contributed by atoms with Crippen LogP contribution in [0.1, 0.15) is 18.9 Å². The molecule has 98 valence electrons. The van der Waals surface area contributed by atoms with Gasteiger partial charge in [-0.1, -0.05) is 12.1 Å². The minimum absolute atomic E-state index is 0.215. The van der Waals surface area contributed by atoms with Crippen LogP contribution in [0, 0.1) is 0 Å². The predicted octanol–water partition coefficient (Wildman–Crippen LogP) is -0.506. The van der Waals surface area contributed by atoms with E-state index in [-0.39, 0.29) is 12.3 Å². The van der Waals surface area contributed by atoms with Crippen molar-refractivity contribution in [3.63, 3.8) is 0 Å². The van der Waals surface area contributed by atoms with Gasteiger partial charge in [0.1, 0.15) is 6.04 Å². The highest BCUT2D eigenvalue weighted by molar-refractivity contribution is 6.00. The summed E-state index contributed by atoms with van der Waals surface area (Å²) in [7, 11) is 0. The first-order valence-corrected chi connectivity index (χ1v) is 5.90. The third kappa shape index (κ3) is 1.62. The van der Waals surface area contributed by atoms with Gasteiger partial charge in [0.2, 0.25) is 11.8 Å². The molecule has 19 heavy (non-hydrogen) atoms. The summed E-state index contributed by atoms with van der Waals surface area (Å²) in [5.74, 6) is 4.93. The Morgan fingerprint density at radius 3 is 2.53 bits per heavy atom. The van der Waals surface area contributed by atoms with Gasteiger partial charge in [-0.2, -0.15) is 0 Å². The minimum atomic E-state index is -0.695. The number of carbonyl (C=O) groups excluding carboxylic acids is 2. The molecule has 0 saturated carbocycles. The Morgan fingerprint density at radius 2 is 1.84 bits per heavy atom. The van der Waals surface area contributed by atoms with Crippen molar-refractivity contribution in [1.29, 1.82) is 0 Å². The number of nitrogens with two attached hydrogens (primary N) is 1. The number of piperidine rings is 1. The van der Waals surface area contributed by atoms with Crippen molar-refractivity contribution in [3.05, 3.63) is 34.7 Å². The summed E-state index contributed by atoms with van der Waals surface area (Å²) in [5, 5.41) is 2.24. The number of amides is 2. The summed E-state index contributed by atoms with van der Waals surface area (Å²) in [4.78, 5) is 35.2. The van der Waals surface area contributed by atoms with E-state index in [0.29, 0.717) is 17.5 Å². The molecule has 7 nitrogen and oxygen atoms in total. The van der Waals surface area contributed by atoms with Crippen molar-refractivity contribution in [3.8, 4) is 0 Å². The maximum Gasteiger partial charge on any atom is 0.348 e. The van der Waals surface area contributed by atoms with Gasteiger partial charge < -0.3 is 5.84 Å². The average Bonchev–Trinajstić information content (AvgIpc) is 2.64. The Bertz CT molecular complexity index is 743. The molecule has 3 N–H and O–H groups in total. The number of nitrogens with one attached hydrogen (secondary N) is 1. The predicted molar refractivity (Wildman–Crippen MR) is 67.8 cm³/mol. The van der Waals surface area contributed by atoms with Crippen molar-refractivity contribution < 1.29 is 9.59 Å². The van der Waals surface area contributed by atoms with Crippen molar-refractivity contribution in [1.82, 2.24) is 14.6 Å². The highest BCUT2D eigenvalue weighted by atomic mass is 16.2. The van der Waals surface area contributed by atoms with E-state index in [0.717, 1.165) is 4.68 Å². The molecular formula is C12H12N4O3. The number of imidazole rings is 1. The Morgan fingerprint density at radius 1 is 1.16 bits per heavy atom. The lowest BCUT2D eigenvalue weighted by molar-refractivity contribution is -0.135. The molecule has 1 unspecified atom stereocenters. The smallest absolute Gasteiger partial charge is 0.335 e. The Hall–Kier alpha value is -2.57. The van der Waals surface area contributed by atoms with Crippen LogP contribution >= 0.6 is 0 Å². The number of rotatable bonds is 1. The first kappa shape index (κ1) is 11.5. The summed E-state index contributed by atoms with van der Waals surface area (Å²) < 4.78 is 2.36. The molecule has 1 aliphatic heterocycles. The van der Waals surface area contributed by atoms with Gasteiger partial charge in [-0.05, 0) is 18.6 Å². The Kier molecular flexibility index (Phi) is 2.41. The number of benzene rings is 1. The maximum atomic E-state index is 12.2. The molecule has 0 radical (unpaired) electrons. The van der Waals surface area contributed by atoms with E-state index in [2.05, 4.69) is 5.32 Å². The van der Waals surface area contributed by atoms with Gasteiger partial charge in [0.05, 0.1) is 11.0 Å². The molecule has 2 heterocycles. The molecule has 2 aromatic rings. The largest absolute Gasteiger partial charge is 0.348 e. The molecule has 7 heteroatoms. The second-order valence-corrected chi connectivity index (χ2v) is 4.48. The molecule has 3 rings (SSSR count). The second kappa shape index (κ2) is 3.98. The lowest BCUT2D eigenvalue weighted by atomic mass is 10.1. The molecule has 1 atom stereocenters. The standard InChI is InChI=1S/C12H12N4O3/c13-16-8-4-2-1-3-7(8)15(12(16)19)9-5-6-10(17)14-11(9)18/h1-4,9H,5-6,13H2,(H,14,17,18). The molecule has 1 saturated heterocycles. The molecule has 1 aromatic heterocycles. The van der Waals surface area contributed by atoms with Gasteiger partial charge in [-0.25, -0.2) is 9.47 Å². The zero-order chi connectivity index (χ0) is 13.6. The van der Waals surface area contributed by atoms with Gasteiger partial charge >= 0.3 is 5.69 Å². The maximum absolute atomic E-state index is 12.2. The number of nitrogen functional groups attached to an aromatic ring is 1. The zero-order valence-corrected chi connectivity index (χ0v) is 10.00. The molecule has 0 bridgehead atoms. The average molecular weight is 260 g/mol. The SMILES string of the molecule is Nn1c(=O)n(C2CCC(=O)NC2=O)c2ccccc21. The minimum Gasteiger partial charge on any atom is -0.335 e. The van der Waals surface area contributed by atoms with Crippen LogP contribution in [0.25, 0.3) is 11.0 Å². The molecule has 0 aliphatic carbocycles. The lowest BCUT2D eigenvalue weighted by Crippen LogP contribution is -2.45. The fraction of sp³-hybridized carbons (Fsp3) is 0.250. The Labute approximate surface area is 107 Å². The number of aromatic nitrogens is 2. The molecule has 1 fully saturated rings. The lowest BCUT2D eigenvalue weighted by Gasteiger charge is -2.21. The number of hydrogen-bond donors (Lipinski definition) is 2.